The number of H-pyrrole nitrogens is 1. The topological polar surface area (TPSA) is 19.7 Å². The van der Waals surface area contributed by atoms with Crippen LogP contribution in [0.15, 0.2) is 49.1 Å². The summed E-state index contributed by atoms with van der Waals surface area (Å²) in [7, 11) is 0. The molecule has 0 aliphatic rings. The number of benzene rings is 1. The summed E-state index contributed by atoms with van der Waals surface area (Å²) in [5, 5.41) is 0. The number of nitrogens with one attached hydrogen (secondary N) is 1. The Kier molecular flexibility index (Phi) is 14.1. The van der Waals surface area contributed by atoms with Crippen molar-refractivity contribution in [2.45, 2.75) is 123 Å². The van der Waals surface area contributed by atoms with Crippen LogP contribution in [-0.4, -0.2) is 4.98 Å². The number of imidazole rings is 1. The normalized spacial score (nSPS) is 13.4. The molecule has 0 aliphatic heterocycles. The van der Waals surface area contributed by atoms with Crippen LogP contribution < -0.4 is 4.57 Å². The van der Waals surface area contributed by atoms with Crippen molar-refractivity contribution >= 4 is 0 Å². The highest BCUT2D eigenvalue weighted by Crippen LogP contribution is 2.28. The minimum atomic E-state index is 0.608. The van der Waals surface area contributed by atoms with Gasteiger partial charge >= 0.3 is 0 Å². The molecule has 0 fully saturated rings. The van der Waals surface area contributed by atoms with Crippen LogP contribution in [0.3, 0.4) is 0 Å². The molecule has 2 nitrogen and oxygen atoms in total. The average molecular weight is 426 g/mol. The fourth-order valence-electron chi connectivity index (χ4n) is 4.98. The number of aromatic nitrogens is 2. The van der Waals surface area contributed by atoms with Crippen molar-refractivity contribution < 1.29 is 4.57 Å². The van der Waals surface area contributed by atoms with Crippen LogP contribution in [0.2, 0.25) is 0 Å². The van der Waals surface area contributed by atoms with Gasteiger partial charge in [0.15, 0.2) is 0 Å². The molecule has 0 aliphatic carbocycles. The molecule has 1 aromatic heterocycles. The largest absolute Gasteiger partial charge is 0.250 e. The van der Waals surface area contributed by atoms with E-state index in [1.807, 2.05) is 0 Å². The lowest BCUT2D eigenvalue weighted by atomic mass is 9.84. The number of nitrogens with zero attached hydrogens (tertiary/aromatic N) is 1. The first kappa shape index (κ1) is 25.7. The summed E-state index contributed by atoms with van der Waals surface area (Å²) < 4.78 is 2.46. The standard InChI is InChI=1S/C29H48N2/c1-3-5-7-8-9-10-11-12-13-18-21-28(25-27-19-16-14-17-20-27)29(22-15-6-4-2)31-24-23-30-26-31/h14,16-17,19-20,23-24,26,28-29H,3-13,15,18,21-22,25H2,1-2H3/p+1. The van der Waals surface area contributed by atoms with Gasteiger partial charge in [-0.1, -0.05) is 121 Å². The van der Waals surface area contributed by atoms with Crippen LogP contribution in [0.1, 0.15) is 122 Å². The number of hydrogen-bond acceptors (Lipinski definition) is 0. The Morgan fingerprint density at radius 3 is 1.90 bits per heavy atom. The highest BCUT2D eigenvalue weighted by Gasteiger charge is 2.26. The minimum Gasteiger partial charge on any atom is -0.250 e. The summed E-state index contributed by atoms with van der Waals surface area (Å²) in [6.07, 6.45) is 28.5. The van der Waals surface area contributed by atoms with E-state index in [-0.39, 0.29) is 0 Å². The molecule has 1 heterocycles. The maximum absolute atomic E-state index is 3.29. The van der Waals surface area contributed by atoms with Crippen molar-refractivity contribution in [2.24, 2.45) is 5.92 Å². The second kappa shape index (κ2) is 17.0. The Morgan fingerprint density at radius 2 is 1.29 bits per heavy atom. The summed E-state index contributed by atoms with van der Waals surface area (Å²) in [6.45, 7) is 4.61. The quantitative estimate of drug-likeness (QED) is 0.172. The van der Waals surface area contributed by atoms with E-state index < -0.39 is 0 Å². The molecular weight excluding hydrogens is 376 g/mol. The van der Waals surface area contributed by atoms with Crippen LogP contribution in [0.4, 0.5) is 0 Å². The third-order valence-corrected chi connectivity index (χ3v) is 6.87. The molecule has 174 valence electrons. The molecule has 0 amide bonds. The third kappa shape index (κ3) is 11.0. The molecule has 0 spiro atoms. The zero-order valence-electron chi connectivity index (χ0n) is 20.5. The van der Waals surface area contributed by atoms with Crippen molar-refractivity contribution in [3.63, 3.8) is 0 Å². The highest BCUT2D eigenvalue weighted by molar-refractivity contribution is 5.15. The first-order valence-corrected chi connectivity index (χ1v) is 13.4. The monoisotopic (exact) mass is 425 g/mol. The molecule has 1 N–H and O–H groups in total. The van der Waals surface area contributed by atoms with Gasteiger partial charge in [-0.05, 0) is 31.2 Å². The third-order valence-electron chi connectivity index (χ3n) is 6.87. The SMILES string of the molecule is CCCCCCCCCCCCC(Cc1ccccc1)C(CCCCC)[n+]1cc[nH]c1. The predicted octanol–water partition coefficient (Wildman–Crippen LogP) is 8.59. The lowest BCUT2D eigenvalue weighted by Crippen LogP contribution is -2.42. The van der Waals surface area contributed by atoms with E-state index in [1.54, 1.807) is 0 Å². The van der Waals surface area contributed by atoms with Gasteiger partial charge in [-0.15, -0.1) is 0 Å². The molecule has 2 unspecified atom stereocenters. The highest BCUT2D eigenvalue weighted by atomic mass is 15.1. The average Bonchev–Trinajstić information content (AvgIpc) is 3.33. The van der Waals surface area contributed by atoms with Gasteiger partial charge in [0.05, 0.1) is 0 Å². The zero-order chi connectivity index (χ0) is 22.0. The fourth-order valence-corrected chi connectivity index (χ4v) is 4.98. The van der Waals surface area contributed by atoms with E-state index in [4.69, 9.17) is 0 Å². The van der Waals surface area contributed by atoms with Crippen molar-refractivity contribution in [1.82, 2.24) is 4.98 Å². The van der Waals surface area contributed by atoms with E-state index in [0.29, 0.717) is 12.0 Å². The molecule has 2 aromatic rings. The maximum atomic E-state index is 3.29. The van der Waals surface area contributed by atoms with Crippen molar-refractivity contribution in [2.75, 3.05) is 0 Å². The summed E-state index contributed by atoms with van der Waals surface area (Å²) in [4.78, 5) is 3.29. The van der Waals surface area contributed by atoms with Gasteiger partial charge in [0.1, 0.15) is 18.4 Å². The number of unbranched alkanes of at least 4 members (excludes halogenated alkanes) is 11. The van der Waals surface area contributed by atoms with Crippen molar-refractivity contribution in [1.29, 1.82) is 0 Å². The molecule has 2 heteroatoms. The Morgan fingerprint density at radius 1 is 0.710 bits per heavy atom. The Labute approximate surface area is 192 Å². The Hall–Kier alpha value is -1.57. The lowest BCUT2D eigenvalue weighted by molar-refractivity contribution is -0.730. The van der Waals surface area contributed by atoms with Crippen molar-refractivity contribution in [3.05, 3.63) is 54.6 Å². The first-order valence-electron chi connectivity index (χ1n) is 13.4. The van der Waals surface area contributed by atoms with Gasteiger partial charge in [0.25, 0.3) is 0 Å². The van der Waals surface area contributed by atoms with E-state index in [9.17, 15) is 0 Å². The summed E-state index contributed by atoms with van der Waals surface area (Å²) in [5.41, 5.74) is 1.50. The second-order valence-electron chi connectivity index (χ2n) is 9.54. The van der Waals surface area contributed by atoms with Crippen LogP contribution in [-0.2, 0) is 6.42 Å². The Bertz CT molecular complexity index is 619. The minimum absolute atomic E-state index is 0.608. The summed E-state index contributed by atoms with van der Waals surface area (Å²) in [5.74, 6) is 0.717. The van der Waals surface area contributed by atoms with Gasteiger partial charge in [-0.25, -0.2) is 4.57 Å². The van der Waals surface area contributed by atoms with Gasteiger partial charge in [-0.2, -0.15) is 0 Å². The molecule has 0 saturated carbocycles. The molecule has 2 atom stereocenters. The van der Waals surface area contributed by atoms with Crippen LogP contribution in [0.5, 0.6) is 0 Å². The van der Waals surface area contributed by atoms with Gasteiger partial charge in [-0.3, -0.25) is 4.98 Å². The van der Waals surface area contributed by atoms with E-state index in [1.165, 1.54) is 108 Å². The van der Waals surface area contributed by atoms with Gasteiger partial charge in [0, 0.05) is 5.92 Å². The molecule has 1 aromatic carbocycles. The molecule has 0 radical (unpaired) electrons. The van der Waals surface area contributed by atoms with E-state index >= 15 is 0 Å². The predicted molar refractivity (Wildman–Crippen MR) is 134 cm³/mol. The number of rotatable bonds is 19. The second-order valence-corrected chi connectivity index (χ2v) is 9.54. The van der Waals surface area contributed by atoms with Crippen LogP contribution >= 0.6 is 0 Å². The van der Waals surface area contributed by atoms with Crippen LogP contribution in [0.25, 0.3) is 0 Å². The molecule has 2 rings (SSSR count). The fraction of sp³-hybridized carbons (Fsp3) is 0.690. The molecule has 0 bridgehead atoms. The van der Waals surface area contributed by atoms with E-state index in [2.05, 4.69) is 72.5 Å². The summed E-state index contributed by atoms with van der Waals surface area (Å²) in [6, 6.07) is 11.8. The lowest BCUT2D eigenvalue weighted by Gasteiger charge is -2.25. The van der Waals surface area contributed by atoms with Crippen LogP contribution in [0, 0.1) is 5.92 Å². The zero-order valence-corrected chi connectivity index (χ0v) is 20.5. The number of hydrogen-bond donors (Lipinski definition) is 1. The van der Waals surface area contributed by atoms with Gasteiger partial charge < -0.3 is 0 Å². The first-order chi connectivity index (χ1) is 15.3. The number of aromatic amines is 1. The van der Waals surface area contributed by atoms with E-state index in [0.717, 1.165) is 0 Å². The molecule has 31 heavy (non-hydrogen) atoms. The molecular formula is C29H49N2+. The maximum Gasteiger partial charge on any atom is 0.241 e. The van der Waals surface area contributed by atoms with Gasteiger partial charge in [0.2, 0.25) is 6.33 Å². The summed E-state index contributed by atoms with van der Waals surface area (Å²) >= 11 is 0. The molecule has 0 saturated heterocycles. The van der Waals surface area contributed by atoms with Crippen molar-refractivity contribution in [3.8, 4) is 0 Å². The Balaban J connectivity index is 1.84. The smallest absolute Gasteiger partial charge is 0.241 e.